The molecular weight excluding hydrogens is 297 g/mol. The smallest absolute Gasteiger partial charge is 0.275 e. The number of ether oxygens (including phenoxy) is 1. The van der Waals surface area contributed by atoms with Crippen LogP contribution in [0.3, 0.4) is 0 Å². The van der Waals surface area contributed by atoms with Crippen LogP contribution in [0, 0.1) is 17.7 Å². The number of fused-ring (bicyclic) bond motifs is 1. The lowest BCUT2D eigenvalue weighted by atomic mass is 9.77. The minimum atomic E-state index is -0.548. The molecule has 1 aromatic heterocycles. The van der Waals surface area contributed by atoms with Crippen molar-refractivity contribution in [1.82, 2.24) is 14.8 Å². The van der Waals surface area contributed by atoms with Gasteiger partial charge in [0.15, 0.2) is 11.5 Å². The summed E-state index contributed by atoms with van der Waals surface area (Å²) < 4.78 is 19.5. The monoisotopic (exact) mass is 321 g/mol. The zero-order chi connectivity index (χ0) is 16.6. The molecule has 0 bridgehead atoms. The Balaban J connectivity index is 1.73. The number of hydrogen-bond acceptors (Lipinski definition) is 4. The van der Waals surface area contributed by atoms with Gasteiger partial charge in [-0.05, 0) is 50.9 Å². The van der Waals surface area contributed by atoms with E-state index in [0.717, 1.165) is 12.8 Å². The van der Waals surface area contributed by atoms with Crippen LogP contribution in [0.25, 0.3) is 0 Å². The van der Waals surface area contributed by atoms with Crippen molar-refractivity contribution in [1.29, 1.82) is 0 Å². The number of pyridine rings is 1. The minimum Gasteiger partial charge on any atom is -0.380 e. The topological polar surface area (TPSA) is 45.7 Å². The van der Waals surface area contributed by atoms with Crippen molar-refractivity contribution >= 4 is 5.91 Å². The fourth-order valence-corrected chi connectivity index (χ4v) is 4.05. The van der Waals surface area contributed by atoms with Gasteiger partial charge in [0.05, 0.1) is 6.10 Å². The highest BCUT2D eigenvalue weighted by Crippen LogP contribution is 2.39. The van der Waals surface area contributed by atoms with Crippen LogP contribution in [0.5, 0.6) is 0 Å². The third-order valence-corrected chi connectivity index (χ3v) is 5.30. The number of nitrogens with zero attached hydrogens (tertiary/aromatic N) is 3. The van der Waals surface area contributed by atoms with Crippen LogP contribution in [-0.4, -0.2) is 67.1 Å². The van der Waals surface area contributed by atoms with E-state index >= 15 is 0 Å². The Bertz CT molecular complexity index is 581. The Morgan fingerprint density at radius 2 is 2.04 bits per heavy atom. The largest absolute Gasteiger partial charge is 0.380 e. The summed E-state index contributed by atoms with van der Waals surface area (Å²) in [6, 6.07) is 3.15. The standard InChI is InChI=1S/C17H24FN3O2/c1-20(2)14-7-11-9-21(10-12(11)8-15(14)23-3)17(22)16-13(18)5-4-6-19-16/h4-6,11-12,14-15H,7-10H2,1-3H3/t11-,12+,14-,15-/m1/s1. The normalized spacial score (nSPS) is 30.6. The Morgan fingerprint density at radius 1 is 1.35 bits per heavy atom. The molecule has 0 spiro atoms. The number of methoxy groups -OCH3 is 1. The van der Waals surface area contributed by atoms with E-state index in [-0.39, 0.29) is 17.7 Å². The number of hydrogen-bond donors (Lipinski definition) is 0. The zero-order valence-electron chi connectivity index (χ0n) is 13.9. The molecule has 0 radical (unpaired) electrons. The van der Waals surface area contributed by atoms with Gasteiger partial charge in [-0.3, -0.25) is 4.79 Å². The minimum absolute atomic E-state index is 0.0707. The van der Waals surface area contributed by atoms with Crippen LogP contribution in [-0.2, 0) is 4.74 Å². The van der Waals surface area contributed by atoms with Crippen molar-refractivity contribution in [3.05, 3.63) is 29.8 Å². The Hall–Kier alpha value is -1.53. The number of amides is 1. The fourth-order valence-electron chi connectivity index (χ4n) is 4.05. The van der Waals surface area contributed by atoms with E-state index in [1.807, 2.05) is 0 Å². The highest BCUT2D eigenvalue weighted by atomic mass is 19.1. The average molecular weight is 321 g/mol. The predicted octanol–water partition coefficient (Wildman–Crippen LogP) is 1.65. The van der Waals surface area contributed by atoms with Crippen molar-refractivity contribution in [3.63, 3.8) is 0 Å². The third-order valence-electron chi connectivity index (χ3n) is 5.30. The SMILES string of the molecule is CO[C@@H]1C[C@H]2CN(C(=O)c3ncccc3F)C[C@H]2C[C@H]1N(C)C. The van der Waals surface area contributed by atoms with Crippen LogP contribution in [0.2, 0.25) is 0 Å². The fraction of sp³-hybridized carbons (Fsp3) is 0.647. The molecular formula is C17H24FN3O2. The predicted molar refractivity (Wildman–Crippen MR) is 84.6 cm³/mol. The first-order chi connectivity index (χ1) is 11.0. The maximum atomic E-state index is 13.8. The van der Waals surface area contributed by atoms with Gasteiger partial charge >= 0.3 is 0 Å². The molecule has 3 rings (SSSR count). The lowest BCUT2D eigenvalue weighted by molar-refractivity contribution is -0.0209. The molecule has 0 unspecified atom stereocenters. The molecule has 2 fully saturated rings. The molecule has 1 amide bonds. The molecule has 2 aliphatic rings. The Labute approximate surface area is 136 Å². The van der Waals surface area contributed by atoms with E-state index in [1.54, 1.807) is 12.0 Å². The van der Waals surface area contributed by atoms with Crippen LogP contribution in [0.1, 0.15) is 23.3 Å². The maximum Gasteiger partial charge on any atom is 0.275 e. The Morgan fingerprint density at radius 3 is 2.65 bits per heavy atom. The molecule has 4 atom stereocenters. The molecule has 1 aliphatic heterocycles. The van der Waals surface area contributed by atoms with E-state index < -0.39 is 5.82 Å². The summed E-state index contributed by atoms with van der Waals surface area (Å²) in [6.07, 6.45) is 3.60. The van der Waals surface area contributed by atoms with Crippen LogP contribution in [0.4, 0.5) is 4.39 Å². The highest BCUT2D eigenvalue weighted by molar-refractivity contribution is 5.92. The van der Waals surface area contributed by atoms with Crippen molar-refractivity contribution in [2.24, 2.45) is 11.8 Å². The van der Waals surface area contributed by atoms with Gasteiger partial charge in [0.25, 0.3) is 5.91 Å². The molecule has 1 aliphatic carbocycles. The van der Waals surface area contributed by atoms with Gasteiger partial charge in [-0.15, -0.1) is 0 Å². The molecule has 0 N–H and O–H groups in total. The number of rotatable bonds is 3. The van der Waals surface area contributed by atoms with Gasteiger partial charge in [-0.1, -0.05) is 0 Å². The summed E-state index contributed by atoms with van der Waals surface area (Å²) >= 11 is 0. The summed E-state index contributed by atoms with van der Waals surface area (Å²) in [6.45, 7) is 1.35. The molecule has 6 heteroatoms. The number of carbonyl (C=O) groups is 1. The second kappa shape index (κ2) is 6.53. The maximum absolute atomic E-state index is 13.8. The van der Waals surface area contributed by atoms with Crippen molar-refractivity contribution in [2.45, 2.75) is 25.0 Å². The second-order valence-electron chi connectivity index (χ2n) is 6.84. The van der Waals surface area contributed by atoms with E-state index in [4.69, 9.17) is 4.74 Å². The Kier molecular flexibility index (Phi) is 4.64. The molecule has 5 nitrogen and oxygen atoms in total. The summed E-state index contributed by atoms with van der Waals surface area (Å²) in [5, 5.41) is 0. The van der Waals surface area contributed by atoms with Crippen molar-refractivity contribution in [2.75, 3.05) is 34.3 Å². The van der Waals surface area contributed by atoms with Gasteiger partial charge in [-0.25, -0.2) is 9.37 Å². The van der Waals surface area contributed by atoms with E-state index in [1.165, 1.54) is 18.3 Å². The first kappa shape index (κ1) is 16.3. The number of aromatic nitrogens is 1. The van der Waals surface area contributed by atoms with Gasteiger partial charge in [0.1, 0.15) is 0 Å². The molecule has 23 heavy (non-hydrogen) atoms. The molecule has 2 heterocycles. The van der Waals surface area contributed by atoms with E-state index in [0.29, 0.717) is 31.0 Å². The second-order valence-corrected chi connectivity index (χ2v) is 6.84. The summed E-state index contributed by atoms with van der Waals surface area (Å²) in [5.41, 5.74) is -0.0707. The van der Waals surface area contributed by atoms with Gasteiger partial charge in [0, 0.05) is 32.4 Å². The van der Waals surface area contributed by atoms with Crippen molar-refractivity contribution in [3.8, 4) is 0 Å². The number of likely N-dealkylation sites (tertiary alicyclic amines) is 1. The lowest BCUT2D eigenvalue weighted by Gasteiger charge is -2.40. The van der Waals surface area contributed by atoms with Crippen LogP contribution < -0.4 is 0 Å². The summed E-state index contributed by atoms with van der Waals surface area (Å²) in [5.74, 6) is 0.0255. The molecule has 0 aromatic carbocycles. The lowest BCUT2D eigenvalue weighted by Crippen LogP contribution is -2.47. The number of carbonyl (C=O) groups excluding carboxylic acids is 1. The van der Waals surface area contributed by atoms with Gasteiger partial charge in [0.2, 0.25) is 0 Å². The van der Waals surface area contributed by atoms with E-state index in [2.05, 4.69) is 24.0 Å². The number of halogens is 1. The molecule has 1 saturated heterocycles. The zero-order valence-corrected chi connectivity index (χ0v) is 13.9. The van der Waals surface area contributed by atoms with Crippen LogP contribution in [0.15, 0.2) is 18.3 Å². The molecule has 1 saturated carbocycles. The molecule has 126 valence electrons. The molecule has 1 aromatic rings. The van der Waals surface area contributed by atoms with Crippen molar-refractivity contribution < 1.29 is 13.9 Å². The average Bonchev–Trinajstić information content (AvgIpc) is 2.96. The van der Waals surface area contributed by atoms with Crippen LogP contribution >= 0.6 is 0 Å². The first-order valence-corrected chi connectivity index (χ1v) is 8.10. The van der Waals surface area contributed by atoms with Gasteiger partial charge in [-0.2, -0.15) is 0 Å². The number of likely N-dealkylation sites (N-methyl/N-ethyl adjacent to an activating group) is 1. The van der Waals surface area contributed by atoms with Gasteiger partial charge < -0.3 is 14.5 Å². The highest BCUT2D eigenvalue weighted by Gasteiger charge is 2.44. The summed E-state index contributed by atoms with van der Waals surface area (Å²) in [4.78, 5) is 20.4. The third kappa shape index (κ3) is 3.10. The summed E-state index contributed by atoms with van der Waals surface area (Å²) in [7, 11) is 5.89. The van der Waals surface area contributed by atoms with E-state index in [9.17, 15) is 9.18 Å². The quantitative estimate of drug-likeness (QED) is 0.849. The first-order valence-electron chi connectivity index (χ1n) is 8.10.